The van der Waals surface area contributed by atoms with E-state index < -0.39 is 0 Å². The molecule has 301 valence electrons. The molecule has 0 aliphatic heterocycles. The SMILES string of the molecule is CCC(C)(CC)C(=O)/C=C(\O)C(C)(CC)CC.Cc1sc2cc(-c3cc(-c4[c-]c5ncccc5c(C(C)(C)C)c4)nc4occ(C)c34)ccc2c1CC(C)C.[Ir]. The van der Waals surface area contributed by atoms with Gasteiger partial charge >= 0.3 is 0 Å². The van der Waals surface area contributed by atoms with Crippen LogP contribution in [0.1, 0.15) is 123 Å². The summed E-state index contributed by atoms with van der Waals surface area (Å²) < 4.78 is 7.31. The van der Waals surface area contributed by atoms with Gasteiger partial charge in [0.1, 0.15) is 5.76 Å². The largest absolute Gasteiger partial charge is 0.512 e. The predicted octanol–water partition coefficient (Wildman–Crippen LogP) is 14.5. The Hall–Kier alpha value is -3.64. The third-order valence-electron chi connectivity index (χ3n) is 12.0. The monoisotopic (exact) mass is 950 g/mol. The minimum Gasteiger partial charge on any atom is -0.512 e. The Morgan fingerprint density at radius 1 is 0.929 bits per heavy atom. The molecule has 0 saturated heterocycles. The summed E-state index contributed by atoms with van der Waals surface area (Å²) in [6, 6.07) is 19.0. The van der Waals surface area contributed by atoms with Gasteiger partial charge in [0.05, 0.1) is 6.26 Å². The molecule has 0 aliphatic rings. The molecule has 7 heteroatoms. The van der Waals surface area contributed by atoms with E-state index >= 15 is 0 Å². The smallest absolute Gasteiger partial charge is 0.217 e. The number of aliphatic hydroxyl groups is 1. The number of hydrogen-bond donors (Lipinski definition) is 1. The summed E-state index contributed by atoms with van der Waals surface area (Å²) in [5, 5.41) is 13.7. The van der Waals surface area contributed by atoms with E-state index in [0.29, 0.717) is 11.6 Å². The van der Waals surface area contributed by atoms with Crippen molar-refractivity contribution in [2.24, 2.45) is 16.7 Å². The van der Waals surface area contributed by atoms with Gasteiger partial charge in [-0.3, -0.25) is 14.8 Å². The van der Waals surface area contributed by atoms with Gasteiger partial charge in [0.15, 0.2) is 5.78 Å². The van der Waals surface area contributed by atoms with E-state index in [9.17, 15) is 9.90 Å². The zero-order chi connectivity index (χ0) is 40.5. The Morgan fingerprint density at radius 2 is 1.59 bits per heavy atom. The van der Waals surface area contributed by atoms with Crippen LogP contribution in [0.25, 0.3) is 54.5 Å². The molecule has 6 aromatic rings. The second-order valence-electron chi connectivity index (χ2n) is 17.3. The standard InChI is InChI=1S/C34H33N2OS.C15H28O2.Ir/c1-19(2)13-26-21(4)38-31-16-22(10-11-24(26)31)27-17-29(36-33-32(27)20(3)18-37-33)23-14-28(34(5,6)7)25-9-8-12-35-30(25)15-23;1-7-14(5,8-2)12(16)11-13(17)15(6,9-3)10-4;/h8-12,14,16-19H,13H2,1-7H3;11,16H,7-10H2,1-6H3;/q-1;;/b;12-11-;. The second-order valence-corrected chi connectivity index (χ2v) is 18.5. The molecule has 0 spiro atoms. The molecule has 1 N–H and O–H groups in total. The van der Waals surface area contributed by atoms with Crippen molar-refractivity contribution in [3.63, 3.8) is 0 Å². The molecule has 0 saturated carbocycles. The van der Waals surface area contributed by atoms with Crippen LogP contribution in [-0.2, 0) is 36.7 Å². The number of benzene rings is 2. The zero-order valence-electron chi connectivity index (χ0n) is 35.8. The van der Waals surface area contributed by atoms with Crippen LogP contribution in [0.3, 0.4) is 0 Å². The number of rotatable bonds is 11. The molecule has 0 bridgehead atoms. The van der Waals surface area contributed by atoms with E-state index in [1.54, 1.807) is 0 Å². The number of fused-ring (bicyclic) bond motifs is 3. The van der Waals surface area contributed by atoms with E-state index in [-0.39, 0.29) is 47.9 Å². The third kappa shape index (κ3) is 9.22. The van der Waals surface area contributed by atoms with Crippen molar-refractivity contribution < 1.29 is 34.4 Å². The summed E-state index contributed by atoms with van der Waals surface area (Å²) in [5.74, 6) is 0.918. The van der Waals surface area contributed by atoms with Gasteiger partial charge in [-0.05, 0) is 102 Å². The van der Waals surface area contributed by atoms with E-state index in [0.717, 1.165) is 70.8 Å². The number of aryl methyl sites for hydroxylation is 2. The van der Waals surface area contributed by atoms with Crippen LogP contribution in [0.15, 0.2) is 71.2 Å². The van der Waals surface area contributed by atoms with Crippen LogP contribution in [0.2, 0.25) is 0 Å². The first-order valence-corrected chi connectivity index (χ1v) is 20.9. The Balaban J connectivity index is 0.000000330. The topological polar surface area (TPSA) is 76.2 Å². The zero-order valence-corrected chi connectivity index (χ0v) is 39.0. The molecule has 5 nitrogen and oxygen atoms in total. The Bertz CT molecular complexity index is 2350. The van der Waals surface area contributed by atoms with Crippen LogP contribution in [0.4, 0.5) is 0 Å². The maximum absolute atomic E-state index is 12.2. The second kappa shape index (κ2) is 17.9. The van der Waals surface area contributed by atoms with Crippen molar-refractivity contribution >= 4 is 49.2 Å². The number of thiophene rings is 1. The quantitative estimate of drug-likeness (QED) is 0.0795. The Kier molecular flexibility index (Phi) is 14.4. The van der Waals surface area contributed by atoms with Crippen molar-refractivity contribution in [2.75, 3.05) is 0 Å². The molecule has 56 heavy (non-hydrogen) atoms. The van der Waals surface area contributed by atoms with Crippen LogP contribution in [-0.4, -0.2) is 20.9 Å². The summed E-state index contributed by atoms with van der Waals surface area (Å²) in [6.45, 7) is 27.7. The molecule has 4 heterocycles. The van der Waals surface area contributed by atoms with Gasteiger partial charge in [-0.25, -0.2) is 0 Å². The molecule has 6 rings (SSSR count). The summed E-state index contributed by atoms with van der Waals surface area (Å²) in [4.78, 5) is 23.2. The fraction of sp³-hybridized carbons (Fsp3) is 0.449. The Morgan fingerprint density at radius 3 is 2.20 bits per heavy atom. The molecular weight excluding hydrogens is 889 g/mol. The fourth-order valence-corrected chi connectivity index (χ4v) is 8.34. The van der Waals surface area contributed by atoms with Gasteiger partial charge in [0.25, 0.3) is 0 Å². The molecule has 0 unspecified atom stereocenters. The van der Waals surface area contributed by atoms with Crippen LogP contribution in [0, 0.1) is 36.7 Å². The van der Waals surface area contributed by atoms with Gasteiger partial charge in [-0.15, -0.1) is 34.6 Å². The number of nitrogens with zero attached hydrogens (tertiary/aromatic N) is 2. The molecule has 1 radical (unpaired) electrons. The van der Waals surface area contributed by atoms with Crippen molar-refractivity contribution in [3.05, 3.63) is 94.4 Å². The molecule has 0 aliphatic carbocycles. The molecular formula is C49H61IrN2O3S-. The average Bonchev–Trinajstić information content (AvgIpc) is 3.69. The first kappa shape index (κ1) is 45.1. The summed E-state index contributed by atoms with van der Waals surface area (Å²) in [6.07, 6.45) is 9.51. The molecule has 2 aromatic carbocycles. The maximum atomic E-state index is 12.2. The minimum atomic E-state index is -0.337. The number of hydrogen-bond acceptors (Lipinski definition) is 6. The number of ketones is 1. The van der Waals surface area contributed by atoms with Crippen molar-refractivity contribution in [1.29, 1.82) is 0 Å². The first-order valence-electron chi connectivity index (χ1n) is 20.1. The van der Waals surface area contributed by atoms with Crippen LogP contribution < -0.4 is 0 Å². The van der Waals surface area contributed by atoms with Crippen molar-refractivity contribution in [2.45, 2.75) is 128 Å². The van der Waals surface area contributed by atoms with Gasteiger partial charge in [-0.1, -0.05) is 112 Å². The number of carbonyl (C=O) groups excluding carboxylic acids is 1. The molecule has 0 amide bonds. The summed E-state index contributed by atoms with van der Waals surface area (Å²) >= 11 is 1.89. The van der Waals surface area contributed by atoms with Crippen molar-refractivity contribution in [1.82, 2.24) is 9.97 Å². The Labute approximate surface area is 352 Å². The number of allylic oxidation sites excluding steroid dienone is 2. The fourth-order valence-electron chi connectivity index (χ4n) is 7.21. The van der Waals surface area contributed by atoms with E-state index in [1.165, 1.54) is 37.7 Å². The van der Waals surface area contributed by atoms with E-state index in [4.69, 9.17) is 9.40 Å². The van der Waals surface area contributed by atoms with Gasteiger partial charge in [0, 0.05) is 58.2 Å². The number of pyridine rings is 2. The molecule has 0 atom stereocenters. The number of aromatic nitrogens is 2. The van der Waals surface area contributed by atoms with Gasteiger partial charge in [0.2, 0.25) is 5.71 Å². The van der Waals surface area contributed by atoms with Gasteiger partial charge in [-0.2, -0.15) is 0 Å². The number of aliphatic hydroxyl groups excluding tert-OH is 1. The van der Waals surface area contributed by atoms with E-state index in [2.05, 4.69) is 95.9 Å². The summed E-state index contributed by atoms with van der Waals surface area (Å²) in [5.41, 5.74) is 8.80. The molecule has 4 aromatic heterocycles. The van der Waals surface area contributed by atoms with Crippen molar-refractivity contribution in [3.8, 4) is 22.4 Å². The summed E-state index contributed by atoms with van der Waals surface area (Å²) in [7, 11) is 0. The third-order valence-corrected chi connectivity index (χ3v) is 13.1. The average molecular weight is 950 g/mol. The predicted molar refractivity (Wildman–Crippen MR) is 234 cm³/mol. The number of carbonyl (C=O) groups is 1. The normalized spacial score (nSPS) is 12.6. The minimum absolute atomic E-state index is 0. The van der Waals surface area contributed by atoms with Crippen LogP contribution in [0.5, 0.6) is 0 Å². The first-order chi connectivity index (χ1) is 25.9. The van der Waals surface area contributed by atoms with E-state index in [1.807, 2.05) is 71.4 Å². The van der Waals surface area contributed by atoms with Gasteiger partial charge < -0.3 is 9.52 Å². The van der Waals surface area contributed by atoms with Crippen LogP contribution >= 0.6 is 11.3 Å². The number of furan rings is 1. The molecule has 0 fully saturated rings. The maximum Gasteiger partial charge on any atom is 0.217 e.